The Bertz CT molecular complexity index is 729. The van der Waals surface area contributed by atoms with Gasteiger partial charge in [0.05, 0.1) is 19.1 Å². The highest BCUT2D eigenvalue weighted by Crippen LogP contribution is 2.13. The van der Waals surface area contributed by atoms with Crippen molar-refractivity contribution in [3.8, 4) is 0 Å². The highest BCUT2D eigenvalue weighted by atomic mass is 16.5. The molecular weight excluding hydrogens is 702 g/mol. The summed E-state index contributed by atoms with van der Waals surface area (Å²) in [7, 11) is 0. The van der Waals surface area contributed by atoms with Crippen LogP contribution in [0.2, 0.25) is 0 Å². The predicted molar refractivity (Wildman–Crippen MR) is 215 cm³/mol. The Hall–Kier alpha value is -3.26. The molecule has 14 nitrogen and oxygen atoms in total. The summed E-state index contributed by atoms with van der Waals surface area (Å²) >= 11 is 0. The molecule has 0 aromatic carbocycles. The van der Waals surface area contributed by atoms with E-state index in [9.17, 15) is 28.8 Å². The lowest BCUT2D eigenvalue weighted by Crippen LogP contribution is -2.13. The van der Waals surface area contributed by atoms with Gasteiger partial charge >= 0.3 is 35.8 Å². The molecule has 0 aliphatic heterocycles. The fourth-order valence-corrected chi connectivity index (χ4v) is 3.85. The Morgan fingerprint density at radius 2 is 0.630 bits per heavy atom. The zero-order valence-corrected chi connectivity index (χ0v) is 35.2. The van der Waals surface area contributed by atoms with Crippen molar-refractivity contribution in [3.63, 3.8) is 0 Å². The second-order valence-corrected chi connectivity index (χ2v) is 12.6. The maximum atomic E-state index is 11.2. The number of aliphatic hydroxyl groups excluding tert-OH is 1. The van der Waals surface area contributed by atoms with Crippen LogP contribution in [0.1, 0.15) is 209 Å². The number of carboxylic acid groups (broad SMARTS) is 5. The van der Waals surface area contributed by atoms with Gasteiger partial charge in [-0.05, 0) is 45.4 Å². The Morgan fingerprint density at radius 1 is 0.407 bits per heavy atom. The zero-order chi connectivity index (χ0) is 42.1. The molecule has 0 aliphatic carbocycles. The van der Waals surface area contributed by atoms with Crippen molar-refractivity contribution < 1.29 is 64.1 Å². The predicted octanol–water partition coefficient (Wildman–Crippen LogP) is 10.3. The van der Waals surface area contributed by atoms with Gasteiger partial charge in [-0.2, -0.15) is 0 Å². The van der Waals surface area contributed by atoms with Crippen molar-refractivity contribution >= 4 is 35.8 Å². The van der Waals surface area contributed by atoms with Crippen LogP contribution in [0.3, 0.4) is 0 Å². The maximum absolute atomic E-state index is 11.2. The van der Waals surface area contributed by atoms with Crippen molar-refractivity contribution in [3.05, 3.63) is 0 Å². The Kier molecular flexibility index (Phi) is 71.7. The van der Waals surface area contributed by atoms with Gasteiger partial charge in [-0.1, -0.05) is 125 Å². The molecule has 0 saturated carbocycles. The summed E-state index contributed by atoms with van der Waals surface area (Å²) in [6.45, 7) is 13.6. The highest BCUT2D eigenvalue weighted by Gasteiger charge is 2.06. The third kappa shape index (κ3) is 104. The number of esters is 1. The van der Waals surface area contributed by atoms with Gasteiger partial charge in [-0.15, -0.1) is 0 Å². The average molecular weight is 786 g/mol. The molecule has 9 N–H and O–H groups in total. The van der Waals surface area contributed by atoms with Crippen LogP contribution in [0.4, 0.5) is 0 Å². The number of hydrogen-bond donors (Lipinski definition) is 7. The SMILES string of the molecule is CCCC(=O)O.CCCC(=O)O.CCCC(=O)O.CCCC(=O)O.CCCC(=O)O.CCCCCCCCCCCCCCCCOC(=O)CC(C)O.N. The molecule has 1 atom stereocenters. The number of unbranched alkanes of at least 4 members (excludes halogenated alkanes) is 13. The van der Waals surface area contributed by atoms with Crippen LogP contribution in [-0.4, -0.2) is 79.2 Å². The van der Waals surface area contributed by atoms with E-state index in [1.807, 2.05) is 34.6 Å². The minimum Gasteiger partial charge on any atom is -0.481 e. The van der Waals surface area contributed by atoms with Gasteiger partial charge in [-0.3, -0.25) is 28.8 Å². The van der Waals surface area contributed by atoms with E-state index in [0.717, 1.165) is 44.9 Å². The molecule has 14 heteroatoms. The maximum Gasteiger partial charge on any atom is 0.308 e. The van der Waals surface area contributed by atoms with Crippen LogP contribution in [0, 0.1) is 0 Å². The minimum atomic E-state index is -0.711. The van der Waals surface area contributed by atoms with Crippen LogP contribution in [-0.2, 0) is 33.5 Å². The monoisotopic (exact) mass is 786 g/mol. The standard InChI is InChI=1S/C20H40O3.5C4H8O2.H3N/c1-3-4-5-6-7-8-9-10-11-12-13-14-15-16-17-23-20(22)18-19(2)21;5*1-2-3-4(5)6;/h19,21H,3-18H2,1-2H3;5*2-3H2,1H3,(H,5,6);1H3. The van der Waals surface area contributed by atoms with Crippen LogP contribution >= 0.6 is 0 Å². The largest absolute Gasteiger partial charge is 0.481 e. The molecule has 54 heavy (non-hydrogen) atoms. The summed E-state index contributed by atoms with van der Waals surface area (Å²) in [5.41, 5.74) is 0. The van der Waals surface area contributed by atoms with E-state index >= 15 is 0 Å². The molecule has 0 spiro atoms. The molecule has 326 valence electrons. The first-order chi connectivity index (χ1) is 25.0. The third-order valence-corrected chi connectivity index (χ3v) is 6.54. The number of carbonyl (C=O) groups is 6. The summed E-state index contributed by atoms with van der Waals surface area (Å²) in [6.07, 6.45) is 23.2. The van der Waals surface area contributed by atoms with Gasteiger partial charge in [0, 0.05) is 32.1 Å². The lowest BCUT2D eigenvalue weighted by Gasteiger charge is -2.06. The Labute approximate surface area is 327 Å². The number of ether oxygens (including phenoxy) is 1. The molecule has 1 unspecified atom stereocenters. The Balaban J connectivity index is -0.000000116. The van der Waals surface area contributed by atoms with E-state index in [4.69, 9.17) is 35.4 Å². The number of carbonyl (C=O) groups excluding carboxylic acids is 1. The molecule has 0 radical (unpaired) electrons. The van der Waals surface area contributed by atoms with Gasteiger partial charge in [0.2, 0.25) is 0 Å². The van der Waals surface area contributed by atoms with Gasteiger partial charge in [0.15, 0.2) is 0 Å². The summed E-state index contributed by atoms with van der Waals surface area (Å²) in [5, 5.41) is 48.6. The first kappa shape index (κ1) is 65.6. The number of rotatable bonds is 27. The normalized spacial score (nSPS) is 9.78. The van der Waals surface area contributed by atoms with Crippen LogP contribution in [0.15, 0.2) is 0 Å². The number of carboxylic acids is 5. The van der Waals surface area contributed by atoms with E-state index in [2.05, 4.69) is 6.92 Å². The fourth-order valence-electron chi connectivity index (χ4n) is 3.85. The minimum absolute atomic E-state index is 0. The molecule has 0 saturated heterocycles. The second kappa shape index (κ2) is 59.0. The first-order valence-corrected chi connectivity index (χ1v) is 19.9. The Morgan fingerprint density at radius 3 is 0.796 bits per heavy atom. The summed E-state index contributed by atoms with van der Waals surface area (Å²) < 4.78 is 5.06. The van der Waals surface area contributed by atoms with Gasteiger partial charge in [0.25, 0.3) is 0 Å². The quantitative estimate of drug-likeness (QED) is 0.0302. The van der Waals surface area contributed by atoms with Crippen molar-refractivity contribution in [2.45, 2.75) is 215 Å². The molecule has 0 amide bonds. The van der Waals surface area contributed by atoms with Gasteiger partial charge in [-0.25, -0.2) is 0 Å². The van der Waals surface area contributed by atoms with E-state index in [0.29, 0.717) is 38.7 Å². The third-order valence-electron chi connectivity index (χ3n) is 6.54. The smallest absolute Gasteiger partial charge is 0.308 e. The van der Waals surface area contributed by atoms with Gasteiger partial charge in [0.1, 0.15) is 0 Å². The van der Waals surface area contributed by atoms with Crippen molar-refractivity contribution in [2.24, 2.45) is 0 Å². The number of aliphatic hydroxyl groups is 1. The molecule has 0 aromatic rings. The molecule has 0 aromatic heterocycles. The average Bonchev–Trinajstić information content (AvgIpc) is 3.04. The topological polar surface area (TPSA) is 268 Å². The van der Waals surface area contributed by atoms with Crippen molar-refractivity contribution in [1.82, 2.24) is 6.15 Å². The highest BCUT2D eigenvalue weighted by molar-refractivity contribution is 5.70. The van der Waals surface area contributed by atoms with E-state index in [-0.39, 0.29) is 18.5 Å². The molecule has 0 aliphatic rings. The van der Waals surface area contributed by atoms with Gasteiger partial charge < -0.3 is 41.5 Å². The molecule has 0 fully saturated rings. The lowest BCUT2D eigenvalue weighted by atomic mass is 10.0. The molecule has 0 bridgehead atoms. The second-order valence-electron chi connectivity index (χ2n) is 12.6. The summed E-state index contributed by atoms with van der Waals surface area (Å²) in [5.74, 6) is -3.84. The number of hydrogen-bond acceptors (Lipinski definition) is 9. The summed E-state index contributed by atoms with van der Waals surface area (Å²) in [6, 6.07) is 0. The van der Waals surface area contributed by atoms with E-state index in [1.54, 1.807) is 6.92 Å². The molecule has 0 rings (SSSR count). The zero-order valence-electron chi connectivity index (χ0n) is 35.2. The van der Waals surface area contributed by atoms with Crippen molar-refractivity contribution in [1.29, 1.82) is 0 Å². The first-order valence-electron chi connectivity index (χ1n) is 19.9. The van der Waals surface area contributed by atoms with E-state index < -0.39 is 36.0 Å². The van der Waals surface area contributed by atoms with Crippen LogP contribution in [0.5, 0.6) is 0 Å². The van der Waals surface area contributed by atoms with Crippen LogP contribution in [0.25, 0.3) is 0 Å². The molecule has 0 heterocycles. The van der Waals surface area contributed by atoms with Crippen LogP contribution < -0.4 is 6.15 Å². The van der Waals surface area contributed by atoms with Crippen molar-refractivity contribution in [2.75, 3.05) is 6.61 Å². The fraction of sp³-hybridized carbons (Fsp3) is 0.850. The number of aliphatic carboxylic acids is 5. The van der Waals surface area contributed by atoms with E-state index in [1.165, 1.54) is 77.0 Å². The lowest BCUT2D eigenvalue weighted by molar-refractivity contribution is -0.146. The molecular formula is C40H83NO13. The summed E-state index contributed by atoms with van der Waals surface area (Å²) in [4.78, 5) is 59.2.